The van der Waals surface area contributed by atoms with E-state index in [1.54, 1.807) is 24.3 Å². The topological polar surface area (TPSA) is 126 Å². The Balaban J connectivity index is 1.34. The maximum Gasteiger partial charge on any atom is 0.419 e. The van der Waals surface area contributed by atoms with Crippen molar-refractivity contribution in [3.8, 4) is 28.3 Å². The van der Waals surface area contributed by atoms with E-state index in [2.05, 4.69) is 25.1 Å². The van der Waals surface area contributed by atoms with Crippen LogP contribution >= 0.6 is 0 Å². The molecular weight excluding hydrogens is 505 g/mol. The molecule has 0 saturated carbocycles. The van der Waals surface area contributed by atoms with Crippen LogP contribution in [0.1, 0.15) is 5.56 Å². The number of amides is 1. The highest BCUT2D eigenvalue weighted by Crippen LogP contribution is 2.35. The lowest BCUT2D eigenvalue weighted by atomic mass is 9.87. The van der Waals surface area contributed by atoms with Crippen LogP contribution in [0.4, 0.5) is 23.8 Å². The van der Waals surface area contributed by atoms with Crippen LogP contribution in [0.2, 0.25) is 0 Å². The molecule has 0 radical (unpaired) electrons. The summed E-state index contributed by atoms with van der Waals surface area (Å²) >= 11 is 0. The van der Waals surface area contributed by atoms with E-state index in [9.17, 15) is 18.0 Å². The second-order valence-corrected chi connectivity index (χ2v) is 8.94. The molecule has 0 spiro atoms. The number of carbonyl (C=O) groups is 1. The van der Waals surface area contributed by atoms with Gasteiger partial charge in [-0.3, -0.25) is 0 Å². The molecule has 0 bridgehead atoms. The number of methoxy groups -OCH3 is 1. The lowest BCUT2D eigenvalue weighted by Gasteiger charge is -2.40. The number of rotatable bonds is 7. The minimum Gasteiger partial charge on any atom is -0.493 e. The number of nitrogens with one attached hydrogen (secondary N) is 1. The Bertz CT molecular complexity index is 1470. The number of nitrogens with two attached hydrogens (primary N) is 1. The van der Waals surface area contributed by atoms with Gasteiger partial charge in [-0.05, 0) is 42.5 Å². The molecule has 13 heteroatoms. The van der Waals surface area contributed by atoms with Crippen LogP contribution in [0.3, 0.4) is 0 Å². The second kappa shape index (κ2) is 9.82. The first kappa shape index (κ1) is 25.3. The Kier molecular flexibility index (Phi) is 6.53. The first-order valence-corrected chi connectivity index (χ1v) is 11.5. The highest BCUT2D eigenvalue weighted by molar-refractivity contribution is 5.68. The number of fused-ring (bicyclic) bond motifs is 1. The summed E-state index contributed by atoms with van der Waals surface area (Å²) in [6.45, 7) is 1.62. The summed E-state index contributed by atoms with van der Waals surface area (Å²) in [5, 5.41) is 7.27. The van der Waals surface area contributed by atoms with Gasteiger partial charge < -0.3 is 25.3 Å². The van der Waals surface area contributed by atoms with Gasteiger partial charge in [0.1, 0.15) is 11.6 Å². The van der Waals surface area contributed by atoms with E-state index in [0.717, 1.165) is 11.6 Å². The molecule has 0 atom stereocenters. The highest BCUT2D eigenvalue weighted by Gasteiger charge is 2.40. The van der Waals surface area contributed by atoms with E-state index in [1.807, 2.05) is 12.1 Å². The van der Waals surface area contributed by atoms with Gasteiger partial charge in [-0.1, -0.05) is 0 Å². The summed E-state index contributed by atoms with van der Waals surface area (Å²) in [5.74, 6) is 0.0247. The molecular formula is C25H23F3N6O4. The van der Waals surface area contributed by atoms with Gasteiger partial charge in [0.05, 0.1) is 55.5 Å². The monoisotopic (exact) mass is 528 g/mol. The Morgan fingerprint density at radius 2 is 1.89 bits per heavy atom. The predicted molar refractivity (Wildman–Crippen MR) is 130 cm³/mol. The largest absolute Gasteiger partial charge is 0.493 e. The number of ether oxygens (including phenoxy) is 3. The summed E-state index contributed by atoms with van der Waals surface area (Å²) in [6, 6.07) is 11.6. The fourth-order valence-electron chi connectivity index (χ4n) is 3.98. The number of benzene rings is 1. The zero-order valence-electron chi connectivity index (χ0n) is 20.2. The Hall–Kier alpha value is -4.39. The van der Waals surface area contributed by atoms with Crippen molar-refractivity contribution < 1.29 is 32.2 Å². The van der Waals surface area contributed by atoms with E-state index in [4.69, 9.17) is 15.2 Å². The molecule has 198 valence electrons. The van der Waals surface area contributed by atoms with Crippen molar-refractivity contribution in [2.24, 2.45) is 5.41 Å². The third-order valence-corrected chi connectivity index (χ3v) is 6.19. The number of carbonyl (C=O) groups excluding carboxylic acids is 1. The predicted octanol–water partition coefficient (Wildman–Crippen LogP) is 3.81. The Morgan fingerprint density at radius 3 is 2.55 bits per heavy atom. The van der Waals surface area contributed by atoms with Crippen LogP contribution in [-0.4, -0.2) is 59.2 Å². The maximum atomic E-state index is 13.3. The molecule has 1 aliphatic rings. The number of aromatic nitrogens is 4. The molecule has 1 saturated heterocycles. The molecule has 1 fully saturated rings. The van der Waals surface area contributed by atoms with Crippen LogP contribution in [0.25, 0.3) is 28.2 Å². The number of nitrogen functional groups attached to an aromatic ring is 1. The lowest BCUT2D eigenvalue weighted by molar-refractivity contribution is -0.137. The van der Waals surface area contributed by atoms with E-state index in [0.29, 0.717) is 49.1 Å². The highest BCUT2D eigenvalue weighted by atomic mass is 19.4. The smallest absolute Gasteiger partial charge is 0.419 e. The van der Waals surface area contributed by atoms with Gasteiger partial charge in [-0.15, -0.1) is 0 Å². The molecule has 1 aromatic carbocycles. The number of hydrogen-bond acceptors (Lipinski definition) is 8. The van der Waals surface area contributed by atoms with Crippen LogP contribution in [0.15, 0.2) is 54.9 Å². The molecule has 5 rings (SSSR count). The van der Waals surface area contributed by atoms with Gasteiger partial charge in [0, 0.05) is 23.9 Å². The van der Waals surface area contributed by atoms with E-state index < -0.39 is 23.7 Å². The number of alkyl halides is 3. The number of pyridine rings is 1. The molecule has 1 amide bonds. The third-order valence-electron chi connectivity index (χ3n) is 6.19. The fraction of sp³-hybridized carbons (Fsp3) is 0.280. The summed E-state index contributed by atoms with van der Waals surface area (Å²) in [5.41, 5.74) is 6.41. The summed E-state index contributed by atoms with van der Waals surface area (Å²) in [7, 11) is 1.30. The standard InChI is InChI=1S/C25H23F3N6O4/c1-36-23(35)32-11-24(12-37-13-24)14-38-17-4-2-15(3-5-17)19-6-7-21-30-10-20(34(21)33-19)16-8-18(25(26,27)28)22(29)31-9-16/h2-10H,11-14H2,1H3,(H2,29,31)(H,32,35). The molecule has 4 aromatic rings. The van der Waals surface area contributed by atoms with Crippen LogP contribution < -0.4 is 15.8 Å². The van der Waals surface area contributed by atoms with Gasteiger partial charge in [0.2, 0.25) is 0 Å². The summed E-state index contributed by atoms with van der Waals surface area (Å²) in [6.07, 6.45) is -2.46. The normalized spacial score (nSPS) is 14.6. The van der Waals surface area contributed by atoms with Gasteiger partial charge in [-0.25, -0.2) is 19.3 Å². The lowest BCUT2D eigenvalue weighted by Crippen LogP contribution is -2.54. The number of nitrogens with zero attached hydrogens (tertiary/aromatic N) is 4. The van der Waals surface area contributed by atoms with E-state index >= 15 is 0 Å². The van der Waals surface area contributed by atoms with Gasteiger partial charge >= 0.3 is 12.3 Å². The van der Waals surface area contributed by atoms with Crippen LogP contribution in [-0.2, 0) is 15.7 Å². The van der Waals surface area contributed by atoms with Crippen LogP contribution in [0, 0.1) is 5.41 Å². The van der Waals surface area contributed by atoms with E-state index in [1.165, 1.54) is 24.0 Å². The molecule has 3 aromatic heterocycles. The first-order chi connectivity index (χ1) is 18.2. The number of halogens is 3. The van der Waals surface area contributed by atoms with Gasteiger partial charge in [0.25, 0.3) is 0 Å². The maximum absolute atomic E-state index is 13.3. The average Bonchev–Trinajstić information content (AvgIpc) is 3.31. The van der Waals surface area contributed by atoms with Crippen molar-refractivity contribution >= 4 is 17.6 Å². The number of hydrogen-bond donors (Lipinski definition) is 2. The minimum absolute atomic E-state index is 0.183. The summed E-state index contributed by atoms with van der Waals surface area (Å²) < 4.78 is 57.3. The van der Waals surface area contributed by atoms with Crippen molar-refractivity contribution in [1.82, 2.24) is 24.9 Å². The molecule has 0 unspecified atom stereocenters. The fourth-order valence-corrected chi connectivity index (χ4v) is 3.98. The first-order valence-electron chi connectivity index (χ1n) is 11.5. The van der Waals surface area contributed by atoms with Crippen molar-refractivity contribution in [3.63, 3.8) is 0 Å². The average molecular weight is 528 g/mol. The summed E-state index contributed by atoms with van der Waals surface area (Å²) in [4.78, 5) is 19.4. The Labute approximate surface area is 214 Å². The van der Waals surface area contributed by atoms with Gasteiger partial charge in [-0.2, -0.15) is 18.3 Å². The van der Waals surface area contributed by atoms with Crippen LogP contribution in [0.5, 0.6) is 5.75 Å². The number of alkyl carbamates (subject to hydrolysis) is 1. The zero-order chi connectivity index (χ0) is 26.9. The molecule has 0 aliphatic carbocycles. The molecule has 4 heterocycles. The second-order valence-electron chi connectivity index (χ2n) is 8.94. The van der Waals surface area contributed by atoms with Gasteiger partial charge in [0.15, 0.2) is 5.65 Å². The molecule has 1 aliphatic heterocycles. The molecule has 38 heavy (non-hydrogen) atoms. The van der Waals surface area contributed by atoms with E-state index in [-0.39, 0.29) is 11.0 Å². The van der Waals surface area contributed by atoms with Crippen molar-refractivity contribution in [2.75, 3.05) is 39.2 Å². The quantitative estimate of drug-likeness (QED) is 0.371. The Morgan fingerprint density at radius 1 is 1.13 bits per heavy atom. The zero-order valence-corrected chi connectivity index (χ0v) is 20.2. The third kappa shape index (κ3) is 5.05. The number of anilines is 1. The van der Waals surface area contributed by atoms with Crippen molar-refractivity contribution in [1.29, 1.82) is 0 Å². The number of imidazole rings is 1. The minimum atomic E-state index is -4.64. The SMILES string of the molecule is COC(=O)NCC1(COc2ccc(-c3ccc4ncc(-c5cnc(N)c(C(F)(F)F)c5)n4n3)cc2)COC1. The van der Waals surface area contributed by atoms with Crippen molar-refractivity contribution in [2.45, 2.75) is 6.18 Å². The molecule has 3 N–H and O–H groups in total. The molecule has 10 nitrogen and oxygen atoms in total. The van der Waals surface area contributed by atoms with Crippen molar-refractivity contribution in [3.05, 3.63) is 60.4 Å².